The van der Waals surface area contributed by atoms with Crippen LogP contribution >= 0.6 is 0 Å². The molecular weight excluding hydrogens is 494 g/mol. The van der Waals surface area contributed by atoms with Crippen molar-refractivity contribution in [2.45, 2.75) is 83.8 Å². The van der Waals surface area contributed by atoms with E-state index in [1.807, 2.05) is 30.3 Å². The van der Waals surface area contributed by atoms with Crippen LogP contribution in [0.15, 0.2) is 30.3 Å². The van der Waals surface area contributed by atoms with Crippen LogP contribution in [-0.4, -0.2) is 50.9 Å². The normalized spacial score (nSPS) is 22.1. The van der Waals surface area contributed by atoms with Gasteiger partial charge in [-0.2, -0.15) is 0 Å². The van der Waals surface area contributed by atoms with E-state index in [1.54, 1.807) is 6.92 Å². The fourth-order valence-corrected chi connectivity index (χ4v) is 6.34. The molecule has 206 valence electrons. The second kappa shape index (κ2) is 13.4. The molecule has 3 rings (SSSR count). The Bertz CT molecular complexity index is 1010. The summed E-state index contributed by atoms with van der Waals surface area (Å²) in [5.41, 5.74) is 0.135. The van der Waals surface area contributed by atoms with Crippen molar-refractivity contribution in [3.63, 3.8) is 0 Å². The number of carbonyl (C=O) groups is 3. The molecule has 1 unspecified atom stereocenters. The van der Waals surface area contributed by atoms with Crippen LogP contribution in [-0.2, 0) is 40.3 Å². The Labute approximate surface area is 220 Å². The van der Waals surface area contributed by atoms with Crippen LogP contribution in [0.1, 0.15) is 76.7 Å². The second-order valence-corrected chi connectivity index (χ2v) is 12.9. The summed E-state index contributed by atoms with van der Waals surface area (Å²) in [6, 6.07) is 9.31. The lowest BCUT2D eigenvalue weighted by atomic mass is 9.75. The molecule has 0 bridgehead atoms. The van der Waals surface area contributed by atoms with Crippen LogP contribution in [0.3, 0.4) is 0 Å². The molecule has 2 aliphatic rings. The average molecular weight is 536 g/mol. The summed E-state index contributed by atoms with van der Waals surface area (Å²) in [7, 11) is -3.28. The molecule has 0 aromatic heterocycles. The van der Waals surface area contributed by atoms with Crippen molar-refractivity contribution in [3.8, 4) is 0 Å². The topological polar surface area (TPSA) is 116 Å². The first-order valence-electron chi connectivity index (χ1n) is 13.5. The van der Waals surface area contributed by atoms with E-state index in [-0.39, 0.29) is 49.0 Å². The Hall–Kier alpha value is -2.42. The third-order valence-electron chi connectivity index (χ3n) is 7.76. The summed E-state index contributed by atoms with van der Waals surface area (Å²) in [6.45, 7) is 2.27. The van der Waals surface area contributed by atoms with Gasteiger partial charge in [0, 0.05) is 12.3 Å². The van der Waals surface area contributed by atoms with Gasteiger partial charge in [0.25, 0.3) is 0 Å². The Kier molecular flexibility index (Phi) is 10.6. The van der Waals surface area contributed by atoms with Crippen LogP contribution in [0.2, 0.25) is 0 Å². The maximum Gasteiger partial charge on any atom is 0.309 e. The molecule has 1 amide bonds. The molecule has 0 heterocycles. The van der Waals surface area contributed by atoms with Gasteiger partial charge in [-0.1, -0.05) is 43.2 Å². The SMILES string of the molecule is CCOC(=O)[C@H]1CC[C@@H](NC(=O)C2(CC(CCS(C)(=O)=O)C(=O)OCc3ccccc3)CCCC2)CC1. The number of carbonyl (C=O) groups excluding carboxylic acids is 3. The number of nitrogens with one attached hydrogen (secondary N) is 1. The number of hydrogen-bond donors (Lipinski definition) is 1. The molecule has 2 aliphatic carbocycles. The lowest BCUT2D eigenvalue weighted by Gasteiger charge is -2.35. The average Bonchev–Trinajstić information content (AvgIpc) is 3.36. The van der Waals surface area contributed by atoms with Gasteiger partial charge in [0.05, 0.1) is 29.6 Å². The zero-order chi connectivity index (χ0) is 26.9. The standard InChI is InChI=1S/C28H41NO7S/c1-3-35-25(30)22-11-13-24(14-12-22)29-27(32)28(16-7-8-17-28)19-23(15-18-37(2,33)34)26(31)36-20-21-9-5-4-6-10-21/h4-6,9-10,22-24H,3,7-8,11-20H2,1-2H3,(H,29,32)/t22-,23?,24+. The van der Waals surface area contributed by atoms with Crippen molar-refractivity contribution in [2.75, 3.05) is 18.6 Å². The molecule has 2 fully saturated rings. The monoisotopic (exact) mass is 535 g/mol. The van der Waals surface area contributed by atoms with Crippen LogP contribution in [0.25, 0.3) is 0 Å². The third kappa shape index (κ3) is 8.83. The molecule has 9 heteroatoms. The summed E-state index contributed by atoms with van der Waals surface area (Å²) in [4.78, 5) is 38.8. The molecule has 37 heavy (non-hydrogen) atoms. The van der Waals surface area contributed by atoms with Gasteiger partial charge in [-0.15, -0.1) is 0 Å². The highest BCUT2D eigenvalue weighted by molar-refractivity contribution is 7.90. The number of amides is 1. The van der Waals surface area contributed by atoms with E-state index in [4.69, 9.17) is 9.47 Å². The number of benzene rings is 1. The maximum atomic E-state index is 13.6. The van der Waals surface area contributed by atoms with E-state index < -0.39 is 27.1 Å². The second-order valence-electron chi connectivity index (χ2n) is 10.7. The summed E-state index contributed by atoms with van der Waals surface area (Å²) >= 11 is 0. The van der Waals surface area contributed by atoms with Crippen LogP contribution in [0.4, 0.5) is 0 Å². The van der Waals surface area contributed by atoms with E-state index in [0.717, 1.165) is 24.7 Å². The minimum absolute atomic E-state index is 0.0184. The molecular formula is C28H41NO7S. The first kappa shape index (κ1) is 29.1. The van der Waals surface area contributed by atoms with Crippen molar-refractivity contribution in [2.24, 2.45) is 17.3 Å². The lowest BCUT2D eigenvalue weighted by molar-refractivity contribution is -0.152. The van der Waals surface area contributed by atoms with Gasteiger partial charge >= 0.3 is 11.9 Å². The van der Waals surface area contributed by atoms with Gasteiger partial charge in [-0.25, -0.2) is 8.42 Å². The van der Waals surface area contributed by atoms with E-state index in [2.05, 4.69) is 5.32 Å². The van der Waals surface area contributed by atoms with Gasteiger partial charge in [0.1, 0.15) is 16.4 Å². The van der Waals surface area contributed by atoms with E-state index in [1.165, 1.54) is 0 Å². The van der Waals surface area contributed by atoms with Gasteiger partial charge < -0.3 is 14.8 Å². The van der Waals surface area contributed by atoms with Crippen molar-refractivity contribution in [1.29, 1.82) is 0 Å². The minimum Gasteiger partial charge on any atom is -0.466 e. The number of esters is 2. The van der Waals surface area contributed by atoms with E-state index in [0.29, 0.717) is 45.1 Å². The third-order valence-corrected chi connectivity index (χ3v) is 8.73. The summed E-state index contributed by atoms with van der Waals surface area (Å²) in [6.07, 6.45) is 7.46. The molecule has 1 atom stereocenters. The van der Waals surface area contributed by atoms with Crippen molar-refractivity contribution >= 4 is 27.7 Å². The number of sulfone groups is 1. The zero-order valence-corrected chi connectivity index (χ0v) is 22.9. The van der Waals surface area contributed by atoms with E-state index in [9.17, 15) is 22.8 Å². The van der Waals surface area contributed by atoms with E-state index >= 15 is 0 Å². The predicted octanol–water partition coefficient (Wildman–Crippen LogP) is 3.97. The van der Waals surface area contributed by atoms with Crippen LogP contribution in [0, 0.1) is 17.3 Å². The molecule has 0 saturated heterocycles. The van der Waals surface area contributed by atoms with Crippen LogP contribution in [0.5, 0.6) is 0 Å². The highest BCUT2D eigenvalue weighted by Gasteiger charge is 2.45. The summed E-state index contributed by atoms with van der Waals surface area (Å²) < 4.78 is 34.5. The van der Waals surface area contributed by atoms with Gasteiger partial charge in [0.2, 0.25) is 5.91 Å². The largest absolute Gasteiger partial charge is 0.466 e. The van der Waals surface area contributed by atoms with Gasteiger partial charge in [0.15, 0.2) is 0 Å². The maximum absolute atomic E-state index is 13.6. The van der Waals surface area contributed by atoms with Crippen molar-refractivity contribution < 1.29 is 32.3 Å². The molecule has 1 aromatic carbocycles. The number of rotatable bonds is 12. The first-order valence-corrected chi connectivity index (χ1v) is 15.5. The zero-order valence-electron chi connectivity index (χ0n) is 22.1. The predicted molar refractivity (Wildman–Crippen MR) is 140 cm³/mol. The summed E-state index contributed by atoms with van der Waals surface area (Å²) in [5, 5.41) is 3.21. The highest BCUT2D eigenvalue weighted by Crippen LogP contribution is 2.45. The molecule has 2 saturated carbocycles. The fourth-order valence-electron chi connectivity index (χ4n) is 5.63. The lowest BCUT2D eigenvalue weighted by Crippen LogP contribution is -2.47. The van der Waals surface area contributed by atoms with Crippen molar-refractivity contribution in [1.82, 2.24) is 5.32 Å². The number of ether oxygens (including phenoxy) is 2. The Balaban J connectivity index is 1.65. The molecule has 1 N–H and O–H groups in total. The van der Waals surface area contributed by atoms with Crippen LogP contribution < -0.4 is 5.32 Å². The highest BCUT2D eigenvalue weighted by atomic mass is 32.2. The van der Waals surface area contributed by atoms with Gasteiger partial charge in [-0.3, -0.25) is 14.4 Å². The molecule has 8 nitrogen and oxygen atoms in total. The molecule has 0 spiro atoms. The molecule has 0 radical (unpaired) electrons. The Morgan fingerprint density at radius 2 is 1.68 bits per heavy atom. The Morgan fingerprint density at radius 3 is 2.27 bits per heavy atom. The Morgan fingerprint density at radius 1 is 1.03 bits per heavy atom. The smallest absolute Gasteiger partial charge is 0.309 e. The molecule has 0 aliphatic heterocycles. The quantitative estimate of drug-likeness (QED) is 0.403. The molecule has 1 aromatic rings. The fraction of sp³-hybridized carbons (Fsp3) is 0.679. The number of hydrogen-bond acceptors (Lipinski definition) is 7. The van der Waals surface area contributed by atoms with Crippen molar-refractivity contribution in [3.05, 3.63) is 35.9 Å². The van der Waals surface area contributed by atoms with Gasteiger partial charge in [-0.05, 0) is 63.9 Å². The summed E-state index contributed by atoms with van der Waals surface area (Å²) in [5.74, 6) is -1.61. The minimum atomic E-state index is -3.28. The first-order chi connectivity index (χ1) is 17.6.